The van der Waals surface area contributed by atoms with Gasteiger partial charge in [0.2, 0.25) is 11.8 Å². The summed E-state index contributed by atoms with van der Waals surface area (Å²) in [5, 5.41) is 24.3. The van der Waals surface area contributed by atoms with Gasteiger partial charge in [0.15, 0.2) is 0 Å². The molecule has 3 N–H and O–H groups in total. The van der Waals surface area contributed by atoms with Gasteiger partial charge >= 0.3 is 0 Å². The maximum Gasteiger partial charge on any atom is 0.247 e. The summed E-state index contributed by atoms with van der Waals surface area (Å²) in [4.78, 5) is 28.5. The van der Waals surface area contributed by atoms with Gasteiger partial charge < -0.3 is 25.2 Å². The van der Waals surface area contributed by atoms with E-state index in [-0.39, 0.29) is 37.9 Å². The van der Waals surface area contributed by atoms with Crippen molar-refractivity contribution in [1.29, 1.82) is 0 Å². The first-order valence-corrected chi connectivity index (χ1v) is 15.0. The lowest BCUT2D eigenvalue weighted by molar-refractivity contribution is -0.140. The number of carbonyl (C=O) groups excluding carboxylic acids is 2. The molecule has 1 saturated carbocycles. The highest BCUT2D eigenvalue weighted by molar-refractivity contribution is 14.1. The Kier molecular flexibility index (Phi) is 10.9. The molecule has 2 aliphatic rings. The summed E-state index contributed by atoms with van der Waals surface area (Å²) in [5.41, 5.74) is 1.16. The molecule has 7 nitrogen and oxygen atoms in total. The predicted octanol–water partition coefficient (Wildman–Crippen LogP) is 5.12. The van der Waals surface area contributed by atoms with E-state index in [1.54, 1.807) is 29.2 Å². The van der Waals surface area contributed by atoms with Crippen LogP contribution >= 0.6 is 45.8 Å². The Morgan fingerprint density at radius 3 is 2.54 bits per heavy atom. The standard InChI is InChI=1S/C29H33Cl2IN2O5/c30-21-10-9-19(13-22(21)31)17-34(27(36)14-18-5-1-2-6-18)24-15-20(29(38)33-11-12-35)16-26(28(24)37)39-25-8-4-3-7-23(25)32/h3-4,7-10,13,16,18,24,26,28,35,37H,1-2,5-6,11-12,14-15,17H2,(H,33,38). The average molecular weight is 687 g/mol. The minimum atomic E-state index is -1.09. The van der Waals surface area contributed by atoms with Gasteiger partial charge in [-0.3, -0.25) is 9.59 Å². The van der Waals surface area contributed by atoms with Crippen LogP contribution in [0.3, 0.4) is 0 Å². The van der Waals surface area contributed by atoms with E-state index in [0.717, 1.165) is 34.8 Å². The minimum absolute atomic E-state index is 0.0814. The van der Waals surface area contributed by atoms with Gasteiger partial charge in [0.1, 0.15) is 18.0 Å². The number of benzene rings is 2. The topological polar surface area (TPSA) is 99.1 Å². The number of nitrogens with zero attached hydrogens (tertiary/aromatic N) is 1. The third-order valence-corrected chi connectivity index (χ3v) is 8.94. The molecule has 210 valence electrons. The molecule has 0 aromatic heterocycles. The third kappa shape index (κ3) is 7.88. The van der Waals surface area contributed by atoms with Crippen molar-refractivity contribution in [2.75, 3.05) is 13.2 Å². The molecule has 3 unspecified atom stereocenters. The van der Waals surface area contributed by atoms with Crippen molar-refractivity contribution in [3.63, 3.8) is 0 Å². The highest BCUT2D eigenvalue weighted by atomic mass is 127. The molecule has 0 heterocycles. The summed E-state index contributed by atoms with van der Waals surface area (Å²) in [5.74, 6) is 0.426. The zero-order chi connectivity index (χ0) is 27.9. The smallest absolute Gasteiger partial charge is 0.247 e. The van der Waals surface area contributed by atoms with E-state index in [9.17, 15) is 19.8 Å². The fraction of sp³-hybridized carbons (Fsp3) is 0.448. The maximum absolute atomic E-state index is 13.8. The number of ether oxygens (including phenoxy) is 1. The van der Waals surface area contributed by atoms with Gasteiger partial charge in [0.05, 0.1) is 26.3 Å². The second kappa shape index (κ2) is 14.2. The van der Waals surface area contributed by atoms with Crippen molar-refractivity contribution in [2.24, 2.45) is 5.92 Å². The Labute approximate surface area is 252 Å². The van der Waals surface area contributed by atoms with Crippen molar-refractivity contribution in [3.05, 3.63) is 73.3 Å². The lowest BCUT2D eigenvalue weighted by Gasteiger charge is -2.41. The summed E-state index contributed by atoms with van der Waals surface area (Å²) in [7, 11) is 0. The zero-order valence-corrected chi connectivity index (χ0v) is 25.2. The molecule has 0 aliphatic heterocycles. The van der Waals surface area contributed by atoms with Gasteiger partial charge in [0, 0.05) is 31.5 Å². The number of hydrogen-bond donors (Lipinski definition) is 3. The summed E-state index contributed by atoms with van der Waals surface area (Å²) >= 11 is 14.6. The van der Waals surface area contributed by atoms with Gasteiger partial charge in [-0.2, -0.15) is 0 Å². The molecule has 0 spiro atoms. The number of amides is 2. The third-order valence-electron chi connectivity index (χ3n) is 7.31. The molecule has 39 heavy (non-hydrogen) atoms. The van der Waals surface area contributed by atoms with Gasteiger partial charge in [-0.15, -0.1) is 0 Å². The van der Waals surface area contributed by atoms with Crippen LogP contribution in [0, 0.1) is 9.49 Å². The molecule has 10 heteroatoms. The van der Waals surface area contributed by atoms with E-state index in [1.165, 1.54) is 0 Å². The molecular weight excluding hydrogens is 654 g/mol. The second-order valence-electron chi connectivity index (χ2n) is 10.1. The molecule has 0 saturated heterocycles. The molecule has 3 atom stereocenters. The molecule has 0 bridgehead atoms. The molecular formula is C29H33Cl2IN2O5. The number of rotatable bonds is 10. The minimum Gasteiger partial charge on any atom is -0.482 e. The zero-order valence-electron chi connectivity index (χ0n) is 21.5. The number of halogens is 3. The van der Waals surface area contributed by atoms with E-state index in [4.69, 9.17) is 27.9 Å². The summed E-state index contributed by atoms with van der Waals surface area (Å²) in [6, 6.07) is 11.9. The van der Waals surface area contributed by atoms with Crippen LogP contribution < -0.4 is 10.1 Å². The second-order valence-corrected chi connectivity index (χ2v) is 12.0. The molecule has 2 amide bonds. The first kappa shape index (κ1) is 30.1. The van der Waals surface area contributed by atoms with E-state index in [1.807, 2.05) is 24.3 Å². The number of hydrogen-bond acceptors (Lipinski definition) is 5. The van der Waals surface area contributed by atoms with Crippen LogP contribution in [0.15, 0.2) is 54.1 Å². The fourth-order valence-corrected chi connectivity index (χ4v) is 6.11. The molecule has 4 rings (SSSR count). The molecule has 0 radical (unpaired) electrons. The Hall–Kier alpha value is -1.85. The summed E-state index contributed by atoms with van der Waals surface area (Å²) < 4.78 is 7.08. The van der Waals surface area contributed by atoms with Crippen molar-refractivity contribution in [3.8, 4) is 5.75 Å². The van der Waals surface area contributed by atoms with Crippen LogP contribution in [-0.2, 0) is 16.1 Å². The summed E-state index contributed by atoms with van der Waals surface area (Å²) in [6.45, 7) is 0.0982. The van der Waals surface area contributed by atoms with Crippen LogP contribution in [0.5, 0.6) is 5.75 Å². The lowest BCUT2D eigenvalue weighted by atomic mass is 9.87. The van der Waals surface area contributed by atoms with Crippen LogP contribution in [0.4, 0.5) is 0 Å². The average Bonchev–Trinajstić information content (AvgIpc) is 3.43. The fourth-order valence-electron chi connectivity index (χ4n) is 5.27. The predicted molar refractivity (Wildman–Crippen MR) is 160 cm³/mol. The Balaban J connectivity index is 1.68. The quantitative estimate of drug-likeness (QED) is 0.302. The highest BCUT2D eigenvalue weighted by Crippen LogP contribution is 2.34. The molecule has 2 aromatic rings. The number of carbonyl (C=O) groups is 2. The normalized spacial score (nSPS) is 21.4. The van der Waals surface area contributed by atoms with E-state index < -0.39 is 18.2 Å². The maximum atomic E-state index is 13.8. The number of para-hydroxylation sites is 1. The number of aliphatic hydroxyl groups excluding tert-OH is 2. The first-order chi connectivity index (χ1) is 18.8. The van der Waals surface area contributed by atoms with Gasteiger partial charge in [-0.1, -0.05) is 54.2 Å². The van der Waals surface area contributed by atoms with Gasteiger partial charge in [-0.25, -0.2) is 0 Å². The van der Waals surface area contributed by atoms with Crippen molar-refractivity contribution < 1.29 is 24.5 Å². The molecule has 2 aromatic carbocycles. The van der Waals surface area contributed by atoms with Crippen LogP contribution in [0.25, 0.3) is 0 Å². The monoisotopic (exact) mass is 686 g/mol. The van der Waals surface area contributed by atoms with Crippen LogP contribution in [-0.4, -0.2) is 58.3 Å². The lowest BCUT2D eigenvalue weighted by Crippen LogP contribution is -2.55. The van der Waals surface area contributed by atoms with Crippen molar-refractivity contribution >= 4 is 57.6 Å². The largest absolute Gasteiger partial charge is 0.482 e. The highest BCUT2D eigenvalue weighted by Gasteiger charge is 2.41. The van der Waals surface area contributed by atoms with E-state index in [2.05, 4.69) is 27.9 Å². The van der Waals surface area contributed by atoms with Crippen LogP contribution in [0.1, 0.15) is 44.1 Å². The van der Waals surface area contributed by atoms with Gasteiger partial charge in [0.25, 0.3) is 0 Å². The molecule has 1 fully saturated rings. The van der Waals surface area contributed by atoms with Crippen LogP contribution in [0.2, 0.25) is 10.0 Å². The van der Waals surface area contributed by atoms with E-state index >= 15 is 0 Å². The van der Waals surface area contributed by atoms with Crippen molar-refractivity contribution in [1.82, 2.24) is 10.2 Å². The number of nitrogens with one attached hydrogen (secondary N) is 1. The van der Waals surface area contributed by atoms with Crippen molar-refractivity contribution in [2.45, 2.75) is 63.3 Å². The number of aliphatic hydroxyl groups is 2. The Bertz CT molecular complexity index is 1200. The molecule has 2 aliphatic carbocycles. The summed E-state index contributed by atoms with van der Waals surface area (Å²) in [6.07, 6.45) is 4.41. The van der Waals surface area contributed by atoms with E-state index in [0.29, 0.717) is 33.7 Å². The Morgan fingerprint density at radius 1 is 1.10 bits per heavy atom. The SMILES string of the molecule is O=C(NCCO)C1=CC(Oc2ccccc2I)C(O)C(N(Cc2ccc(Cl)c(Cl)c2)C(=O)CC2CCCC2)C1. The van der Waals surface area contributed by atoms with Gasteiger partial charge in [-0.05, 0) is 77.3 Å². The first-order valence-electron chi connectivity index (χ1n) is 13.2. The Morgan fingerprint density at radius 2 is 1.85 bits per heavy atom.